The minimum Gasteiger partial charge on any atom is -0.354 e. The van der Waals surface area contributed by atoms with Gasteiger partial charge in [0.05, 0.1) is 6.42 Å². The molecule has 1 N–H and O–H groups in total. The summed E-state index contributed by atoms with van der Waals surface area (Å²) in [7, 11) is 0. The van der Waals surface area contributed by atoms with Crippen LogP contribution in [0, 0.1) is 5.92 Å². The normalized spacial score (nSPS) is 12.0. The topological polar surface area (TPSA) is 49.4 Å². The number of nitrogens with one attached hydrogen (secondary N) is 1. The predicted octanol–water partition coefficient (Wildman–Crippen LogP) is 5.77. The molecule has 0 heterocycles. The van der Waals surface area contributed by atoms with Gasteiger partial charge in [-0.2, -0.15) is 0 Å². The van der Waals surface area contributed by atoms with Crippen molar-refractivity contribution >= 4 is 46.6 Å². The number of carbonyl (C=O) groups is 2. The summed E-state index contributed by atoms with van der Waals surface area (Å²) in [5.74, 6) is -0.0753. The van der Waals surface area contributed by atoms with Crippen molar-refractivity contribution in [2.45, 2.75) is 46.2 Å². The Labute approximate surface area is 193 Å². The Hall–Kier alpha value is -1.75. The van der Waals surface area contributed by atoms with Crippen molar-refractivity contribution in [2.75, 3.05) is 6.54 Å². The van der Waals surface area contributed by atoms with E-state index in [1.807, 2.05) is 26.8 Å². The third kappa shape index (κ3) is 6.90. The fourth-order valence-electron chi connectivity index (χ4n) is 3.12. The Morgan fingerprint density at radius 2 is 1.67 bits per heavy atom. The highest BCUT2D eigenvalue weighted by Crippen LogP contribution is 2.27. The zero-order chi connectivity index (χ0) is 22.3. The van der Waals surface area contributed by atoms with E-state index in [2.05, 4.69) is 5.32 Å². The first-order valence-corrected chi connectivity index (χ1v) is 11.1. The zero-order valence-corrected chi connectivity index (χ0v) is 19.7. The number of rotatable bonds is 9. The van der Waals surface area contributed by atoms with Gasteiger partial charge in [0.2, 0.25) is 11.8 Å². The van der Waals surface area contributed by atoms with E-state index in [-0.39, 0.29) is 24.8 Å². The minimum atomic E-state index is -0.636. The maximum absolute atomic E-state index is 13.3. The largest absolute Gasteiger partial charge is 0.354 e. The van der Waals surface area contributed by atoms with Crippen molar-refractivity contribution in [3.05, 3.63) is 68.7 Å². The zero-order valence-electron chi connectivity index (χ0n) is 17.4. The number of carbonyl (C=O) groups excluding carboxylic acids is 2. The highest BCUT2D eigenvalue weighted by Gasteiger charge is 2.29. The van der Waals surface area contributed by atoms with Gasteiger partial charge in [-0.3, -0.25) is 9.59 Å². The van der Waals surface area contributed by atoms with Crippen LogP contribution in [0.1, 0.15) is 38.3 Å². The lowest BCUT2D eigenvalue weighted by Gasteiger charge is -2.31. The van der Waals surface area contributed by atoms with Gasteiger partial charge in [-0.25, -0.2) is 0 Å². The molecule has 4 nitrogen and oxygen atoms in total. The van der Waals surface area contributed by atoms with Crippen LogP contribution in [0.3, 0.4) is 0 Å². The molecule has 0 bridgehead atoms. The lowest BCUT2D eigenvalue weighted by atomic mass is 10.1. The Kier molecular flexibility index (Phi) is 9.47. The summed E-state index contributed by atoms with van der Waals surface area (Å²) in [5.41, 5.74) is 1.40. The van der Waals surface area contributed by atoms with E-state index in [1.54, 1.807) is 41.3 Å². The Morgan fingerprint density at radius 3 is 2.23 bits per heavy atom. The van der Waals surface area contributed by atoms with Crippen LogP contribution in [0.15, 0.2) is 42.5 Å². The number of hydrogen-bond acceptors (Lipinski definition) is 2. The van der Waals surface area contributed by atoms with Crippen LogP contribution in [0.25, 0.3) is 0 Å². The van der Waals surface area contributed by atoms with E-state index in [4.69, 9.17) is 34.8 Å². The fourth-order valence-corrected chi connectivity index (χ4v) is 3.85. The first-order chi connectivity index (χ1) is 14.2. The van der Waals surface area contributed by atoms with E-state index < -0.39 is 6.04 Å². The Morgan fingerprint density at radius 1 is 1.03 bits per heavy atom. The van der Waals surface area contributed by atoms with Crippen molar-refractivity contribution in [1.29, 1.82) is 0 Å². The van der Waals surface area contributed by atoms with Gasteiger partial charge in [0.25, 0.3) is 0 Å². The second-order valence-corrected chi connectivity index (χ2v) is 8.84. The Bertz CT molecular complexity index is 866. The molecule has 0 saturated carbocycles. The van der Waals surface area contributed by atoms with Gasteiger partial charge in [0.1, 0.15) is 6.04 Å². The molecule has 0 saturated heterocycles. The van der Waals surface area contributed by atoms with E-state index in [1.165, 1.54) is 0 Å². The number of amides is 2. The SMILES string of the molecule is CC[C@H](C(=O)NCC(C)C)N(Cc1c(Cl)cccc1Cl)C(=O)Cc1cccc(Cl)c1. The highest BCUT2D eigenvalue weighted by atomic mass is 35.5. The maximum atomic E-state index is 13.3. The van der Waals surface area contributed by atoms with Crippen LogP contribution in [0.5, 0.6) is 0 Å². The molecule has 1 atom stereocenters. The van der Waals surface area contributed by atoms with Crippen LogP contribution in [0.2, 0.25) is 15.1 Å². The van der Waals surface area contributed by atoms with Crippen LogP contribution in [-0.4, -0.2) is 29.3 Å². The van der Waals surface area contributed by atoms with Crippen molar-refractivity contribution in [2.24, 2.45) is 5.92 Å². The minimum absolute atomic E-state index is 0.122. The van der Waals surface area contributed by atoms with Gasteiger partial charge >= 0.3 is 0 Å². The first kappa shape index (κ1) is 24.5. The van der Waals surface area contributed by atoms with Gasteiger partial charge in [-0.05, 0) is 42.2 Å². The summed E-state index contributed by atoms with van der Waals surface area (Å²) in [5, 5.41) is 4.41. The van der Waals surface area contributed by atoms with Crippen molar-refractivity contribution in [3.63, 3.8) is 0 Å². The second-order valence-electron chi connectivity index (χ2n) is 7.59. The number of nitrogens with zero attached hydrogens (tertiary/aromatic N) is 1. The monoisotopic (exact) mass is 468 g/mol. The Balaban J connectivity index is 2.34. The standard InChI is InChI=1S/C23H27Cl3N2O2/c1-4-21(23(30)27-13-15(2)3)28(14-18-19(25)9-6-10-20(18)26)22(29)12-16-7-5-8-17(24)11-16/h5-11,15,21H,4,12-14H2,1-3H3,(H,27,30)/t21-/m1/s1. The molecule has 0 radical (unpaired) electrons. The van der Waals surface area contributed by atoms with Gasteiger partial charge < -0.3 is 10.2 Å². The molecule has 0 aliphatic heterocycles. The van der Waals surface area contributed by atoms with E-state index in [0.29, 0.717) is 39.5 Å². The highest BCUT2D eigenvalue weighted by molar-refractivity contribution is 6.36. The summed E-state index contributed by atoms with van der Waals surface area (Å²) < 4.78 is 0. The van der Waals surface area contributed by atoms with Crippen LogP contribution < -0.4 is 5.32 Å². The summed E-state index contributed by atoms with van der Waals surface area (Å²) in [6.45, 7) is 6.61. The molecule has 2 rings (SSSR count). The van der Waals surface area contributed by atoms with E-state index >= 15 is 0 Å². The van der Waals surface area contributed by atoms with E-state index in [9.17, 15) is 9.59 Å². The van der Waals surface area contributed by atoms with Crippen molar-refractivity contribution in [1.82, 2.24) is 10.2 Å². The molecule has 0 spiro atoms. The van der Waals surface area contributed by atoms with Gasteiger partial charge in [-0.15, -0.1) is 0 Å². The molecule has 2 aromatic carbocycles. The van der Waals surface area contributed by atoms with Crippen LogP contribution in [-0.2, 0) is 22.6 Å². The van der Waals surface area contributed by atoms with Crippen LogP contribution in [0.4, 0.5) is 0 Å². The summed E-state index contributed by atoms with van der Waals surface area (Å²) in [6, 6.07) is 11.7. The summed E-state index contributed by atoms with van der Waals surface area (Å²) >= 11 is 18.8. The third-order valence-corrected chi connectivity index (χ3v) is 5.65. The summed E-state index contributed by atoms with van der Waals surface area (Å²) in [6.07, 6.45) is 0.587. The van der Waals surface area contributed by atoms with Crippen molar-refractivity contribution < 1.29 is 9.59 Å². The molecule has 0 aliphatic rings. The van der Waals surface area contributed by atoms with Crippen molar-refractivity contribution in [3.8, 4) is 0 Å². The number of hydrogen-bond donors (Lipinski definition) is 1. The molecular weight excluding hydrogens is 443 g/mol. The fraction of sp³-hybridized carbons (Fsp3) is 0.391. The lowest BCUT2D eigenvalue weighted by molar-refractivity contribution is -0.141. The number of halogens is 3. The molecule has 0 fully saturated rings. The first-order valence-electron chi connectivity index (χ1n) is 9.97. The van der Waals surface area contributed by atoms with Gasteiger partial charge in [0, 0.05) is 33.7 Å². The van der Waals surface area contributed by atoms with Crippen LogP contribution >= 0.6 is 34.8 Å². The van der Waals surface area contributed by atoms with Gasteiger partial charge in [0.15, 0.2) is 0 Å². The molecule has 30 heavy (non-hydrogen) atoms. The smallest absolute Gasteiger partial charge is 0.242 e. The quantitative estimate of drug-likeness (QED) is 0.507. The third-order valence-electron chi connectivity index (χ3n) is 4.70. The molecule has 2 amide bonds. The molecule has 0 unspecified atom stereocenters. The summed E-state index contributed by atoms with van der Waals surface area (Å²) in [4.78, 5) is 27.8. The molecule has 0 aromatic heterocycles. The lowest BCUT2D eigenvalue weighted by Crippen LogP contribution is -2.50. The molecular formula is C23H27Cl3N2O2. The maximum Gasteiger partial charge on any atom is 0.242 e. The van der Waals surface area contributed by atoms with Gasteiger partial charge in [-0.1, -0.05) is 73.8 Å². The second kappa shape index (κ2) is 11.6. The average Bonchev–Trinajstić information content (AvgIpc) is 2.68. The molecule has 7 heteroatoms. The molecule has 162 valence electrons. The number of benzene rings is 2. The van der Waals surface area contributed by atoms with E-state index in [0.717, 1.165) is 5.56 Å². The molecule has 0 aliphatic carbocycles. The average molecular weight is 470 g/mol. The molecule has 2 aromatic rings. The predicted molar refractivity (Wildman–Crippen MR) is 124 cm³/mol.